The predicted octanol–water partition coefficient (Wildman–Crippen LogP) is 2.26. The van der Waals surface area contributed by atoms with Crippen molar-refractivity contribution >= 4 is 35.4 Å². The number of piperidine rings is 1. The summed E-state index contributed by atoms with van der Waals surface area (Å²) in [5.74, 6) is -3.30. The van der Waals surface area contributed by atoms with E-state index in [1.807, 2.05) is 41.5 Å². The number of hydrogen-bond donors (Lipinski definition) is 5. The number of fused-ring (bicyclic) bond motifs is 1. The minimum Gasteiger partial charge on any atom is -0.356 e. The molecule has 0 aromatic carbocycles. The van der Waals surface area contributed by atoms with Crippen LogP contribution in [0.15, 0.2) is 0 Å². The number of ketones is 1. The van der Waals surface area contributed by atoms with Crippen molar-refractivity contribution < 1.29 is 28.8 Å². The van der Waals surface area contributed by atoms with E-state index in [-0.39, 0.29) is 35.5 Å². The molecule has 6 amide bonds. The number of carbonyl (C=O) groups excluding carboxylic acids is 6. The van der Waals surface area contributed by atoms with Crippen LogP contribution in [0, 0.1) is 28.6 Å². The number of likely N-dealkylation sites (tertiary alicyclic amines) is 1. The summed E-state index contributed by atoms with van der Waals surface area (Å²) in [6.07, 6.45) is 4.24. The maximum atomic E-state index is 14.1. The molecule has 3 fully saturated rings. The summed E-state index contributed by atoms with van der Waals surface area (Å²) in [7, 11) is 0. The van der Waals surface area contributed by atoms with Crippen molar-refractivity contribution in [3.8, 4) is 0 Å². The molecule has 1 saturated carbocycles. The Morgan fingerprint density at radius 1 is 1.00 bits per heavy atom. The minimum atomic E-state index is -1.21. The zero-order valence-corrected chi connectivity index (χ0v) is 28.7. The molecule has 0 radical (unpaired) electrons. The van der Waals surface area contributed by atoms with Gasteiger partial charge >= 0.3 is 6.03 Å². The highest BCUT2D eigenvalue weighted by atomic mass is 16.2. The summed E-state index contributed by atoms with van der Waals surface area (Å²) in [5, 5.41) is 13.9. The largest absolute Gasteiger partial charge is 0.356 e. The summed E-state index contributed by atoms with van der Waals surface area (Å²) in [5.41, 5.74) is -1.39. The second-order valence-corrected chi connectivity index (χ2v) is 15.8. The molecular weight excluding hydrogens is 576 g/mol. The lowest BCUT2D eigenvalue weighted by Gasteiger charge is -2.38. The third-order valence-electron chi connectivity index (χ3n) is 9.49. The first-order valence-corrected chi connectivity index (χ1v) is 16.6. The number of urea groups is 1. The molecule has 3 aliphatic rings. The molecule has 12 heteroatoms. The molecule has 2 aliphatic heterocycles. The monoisotopic (exact) mass is 632 g/mol. The molecule has 3 unspecified atom stereocenters. The van der Waals surface area contributed by atoms with E-state index in [4.69, 9.17) is 0 Å². The van der Waals surface area contributed by atoms with E-state index in [1.54, 1.807) is 0 Å². The lowest BCUT2D eigenvalue weighted by molar-refractivity contribution is -0.145. The molecule has 2 saturated heterocycles. The van der Waals surface area contributed by atoms with Gasteiger partial charge in [-0.25, -0.2) is 4.79 Å². The van der Waals surface area contributed by atoms with Crippen molar-refractivity contribution in [2.24, 2.45) is 28.6 Å². The summed E-state index contributed by atoms with van der Waals surface area (Å²) in [6, 6.07) is -3.51. The van der Waals surface area contributed by atoms with Gasteiger partial charge in [-0.1, -0.05) is 60.8 Å². The number of Topliss-reactive ketones (excluding diaryl/α,β-unsaturated/α-hetero) is 1. The number of nitrogens with zero attached hydrogens (tertiary/aromatic N) is 1. The average molecular weight is 633 g/mol. The Bertz CT molecular complexity index is 1160. The van der Waals surface area contributed by atoms with Crippen LogP contribution in [0.2, 0.25) is 0 Å². The lowest BCUT2D eigenvalue weighted by Crippen LogP contribution is -2.62. The Balaban J connectivity index is 1.83. The number of hydrogen-bond acceptors (Lipinski definition) is 6. The molecule has 0 aromatic heterocycles. The van der Waals surface area contributed by atoms with Crippen LogP contribution in [0.1, 0.15) is 101 Å². The van der Waals surface area contributed by atoms with Gasteiger partial charge < -0.3 is 31.5 Å². The Morgan fingerprint density at radius 3 is 2.22 bits per heavy atom. The van der Waals surface area contributed by atoms with Crippen LogP contribution in [0.3, 0.4) is 0 Å². The fourth-order valence-electron chi connectivity index (χ4n) is 6.78. The first kappa shape index (κ1) is 36.3. The van der Waals surface area contributed by atoms with Gasteiger partial charge in [0.05, 0.1) is 6.04 Å². The number of unbranched alkanes of at least 4 members (excludes halogenated alkanes) is 3. The fourth-order valence-corrected chi connectivity index (χ4v) is 6.78. The standard InChI is InChI=1S/C33H56N6O6/c1-10-11-12-13-15-34-28(43)24(40)21(17-19-14-16-35-26(19)41)36-27(42)23-22-20(33(22,8)9)18-39(23)29(44)25(31(2,3)4)37-30(45)38-32(5,6)7/h19-23,25H,10-18H2,1-9H3,(H,34,43)(H,35,41)(H,36,42)(H2,37,38,45)/t19-,20?,21-,22?,23?,25+/m0/s1. The van der Waals surface area contributed by atoms with Crippen molar-refractivity contribution in [2.75, 3.05) is 19.6 Å². The predicted molar refractivity (Wildman–Crippen MR) is 171 cm³/mol. The molecule has 1 aliphatic carbocycles. The molecule has 254 valence electrons. The Morgan fingerprint density at radius 2 is 1.67 bits per heavy atom. The second-order valence-electron chi connectivity index (χ2n) is 15.8. The van der Waals surface area contributed by atoms with Crippen LogP contribution in [0.4, 0.5) is 4.79 Å². The molecule has 45 heavy (non-hydrogen) atoms. The van der Waals surface area contributed by atoms with E-state index < -0.39 is 58.6 Å². The van der Waals surface area contributed by atoms with Gasteiger partial charge in [-0.2, -0.15) is 0 Å². The molecule has 0 aromatic rings. The highest BCUT2D eigenvalue weighted by molar-refractivity contribution is 6.38. The number of nitrogens with one attached hydrogen (secondary N) is 5. The van der Waals surface area contributed by atoms with E-state index >= 15 is 0 Å². The third kappa shape index (κ3) is 8.97. The van der Waals surface area contributed by atoms with E-state index in [9.17, 15) is 28.8 Å². The zero-order valence-electron chi connectivity index (χ0n) is 28.7. The molecule has 6 atom stereocenters. The van der Waals surface area contributed by atoms with E-state index in [0.717, 1.165) is 25.7 Å². The highest BCUT2D eigenvalue weighted by Gasteiger charge is 2.70. The van der Waals surface area contributed by atoms with E-state index in [1.165, 1.54) is 4.90 Å². The van der Waals surface area contributed by atoms with Gasteiger partial charge in [-0.05, 0) is 62.7 Å². The number of rotatable bonds is 13. The van der Waals surface area contributed by atoms with Crippen LogP contribution >= 0.6 is 0 Å². The normalized spacial score (nSPS) is 25.0. The lowest BCUT2D eigenvalue weighted by atomic mass is 9.85. The van der Waals surface area contributed by atoms with Crippen LogP contribution < -0.4 is 26.6 Å². The maximum absolute atomic E-state index is 14.1. The molecule has 0 spiro atoms. The Kier molecular flexibility index (Phi) is 11.3. The fraction of sp³-hybridized carbons (Fsp3) is 0.818. The molecule has 3 rings (SSSR count). The summed E-state index contributed by atoms with van der Waals surface area (Å²) in [6.45, 7) is 18.4. The van der Waals surface area contributed by atoms with Crippen molar-refractivity contribution in [3.05, 3.63) is 0 Å². The van der Waals surface area contributed by atoms with Gasteiger partial charge in [0.15, 0.2) is 0 Å². The van der Waals surface area contributed by atoms with Gasteiger partial charge in [-0.15, -0.1) is 0 Å². The zero-order chi connectivity index (χ0) is 33.9. The van der Waals surface area contributed by atoms with E-state index in [0.29, 0.717) is 26.1 Å². The Hall–Kier alpha value is -3.18. The highest BCUT2D eigenvalue weighted by Crippen LogP contribution is 2.65. The maximum Gasteiger partial charge on any atom is 0.315 e. The van der Waals surface area contributed by atoms with Crippen LogP contribution in [0.25, 0.3) is 0 Å². The van der Waals surface area contributed by atoms with Crippen LogP contribution in [-0.4, -0.2) is 83.6 Å². The van der Waals surface area contributed by atoms with Gasteiger partial charge in [0.25, 0.3) is 5.91 Å². The summed E-state index contributed by atoms with van der Waals surface area (Å²) >= 11 is 0. The molecule has 0 bridgehead atoms. The van der Waals surface area contributed by atoms with Gasteiger partial charge in [0.1, 0.15) is 12.1 Å². The number of amides is 6. The van der Waals surface area contributed by atoms with Crippen molar-refractivity contribution in [3.63, 3.8) is 0 Å². The smallest absolute Gasteiger partial charge is 0.315 e. The van der Waals surface area contributed by atoms with Crippen LogP contribution in [-0.2, 0) is 24.0 Å². The van der Waals surface area contributed by atoms with Gasteiger partial charge in [-0.3, -0.25) is 24.0 Å². The van der Waals surface area contributed by atoms with Crippen molar-refractivity contribution in [2.45, 2.75) is 125 Å². The first-order chi connectivity index (χ1) is 20.8. The summed E-state index contributed by atoms with van der Waals surface area (Å²) in [4.78, 5) is 81.4. The van der Waals surface area contributed by atoms with Crippen molar-refractivity contribution in [1.29, 1.82) is 0 Å². The average Bonchev–Trinajstić information content (AvgIpc) is 3.25. The van der Waals surface area contributed by atoms with Crippen molar-refractivity contribution in [1.82, 2.24) is 31.5 Å². The Labute approximate surface area is 268 Å². The summed E-state index contributed by atoms with van der Waals surface area (Å²) < 4.78 is 0. The first-order valence-electron chi connectivity index (χ1n) is 16.6. The molecule has 5 N–H and O–H groups in total. The third-order valence-corrected chi connectivity index (χ3v) is 9.49. The molecular formula is C33H56N6O6. The van der Waals surface area contributed by atoms with Crippen LogP contribution in [0.5, 0.6) is 0 Å². The molecule has 12 nitrogen and oxygen atoms in total. The van der Waals surface area contributed by atoms with Gasteiger partial charge in [0.2, 0.25) is 23.5 Å². The topological polar surface area (TPSA) is 166 Å². The minimum absolute atomic E-state index is 0.00301. The molecule has 2 heterocycles. The van der Waals surface area contributed by atoms with Gasteiger partial charge in [0, 0.05) is 31.1 Å². The second kappa shape index (κ2) is 14.1. The van der Waals surface area contributed by atoms with E-state index in [2.05, 4.69) is 47.4 Å². The number of carbonyl (C=O) groups is 6. The quantitative estimate of drug-likeness (QED) is 0.154. The SMILES string of the molecule is CCCCCCNC(=O)C(=O)[C@H](C[C@@H]1CCNC1=O)NC(=O)C1C2C(CN1C(=O)[C@@H](NC(=O)NC(C)(C)C)C(C)(C)C)C2(C)C.